The molecule has 0 radical (unpaired) electrons. The predicted octanol–water partition coefficient (Wildman–Crippen LogP) is 9.08. The molecular weight excluding hydrogens is 684 g/mol. The zero-order valence-corrected chi connectivity index (χ0v) is 30.4. The third-order valence-corrected chi connectivity index (χ3v) is 10.3. The quantitative estimate of drug-likeness (QED) is 0.171. The predicted molar refractivity (Wildman–Crippen MR) is 201 cm³/mol. The van der Waals surface area contributed by atoms with Gasteiger partial charge in [-0.05, 0) is 56.2 Å². The van der Waals surface area contributed by atoms with Gasteiger partial charge in [0.05, 0.1) is 17.4 Å². The minimum atomic E-state index is -1.06. The first-order valence-electron chi connectivity index (χ1n) is 17.8. The van der Waals surface area contributed by atoms with E-state index in [-0.39, 0.29) is 12.6 Å². The minimum Gasteiger partial charge on any atom is -0.489 e. The fourth-order valence-corrected chi connectivity index (χ4v) is 8.31. The Morgan fingerprint density at radius 2 is 1.74 bits per heavy atom. The molecule has 0 saturated carbocycles. The lowest BCUT2D eigenvalue weighted by Gasteiger charge is -2.31. The van der Waals surface area contributed by atoms with E-state index in [4.69, 9.17) is 37.7 Å². The third-order valence-electron chi connectivity index (χ3n) is 10.3. The summed E-state index contributed by atoms with van der Waals surface area (Å²) in [5.41, 5.74) is 5.55. The maximum absolute atomic E-state index is 13.7. The van der Waals surface area contributed by atoms with E-state index < -0.39 is 23.3 Å². The van der Waals surface area contributed by atoms with Crippen molar-refractivity contribution in [3.05, 3.63) is 126 Å². The summed E-state index contributed by atoms with van der Waals surface area (Å²) < 4.78 is 40.1. The number of nitrogens with zero attached hydrogens (tertiary/aromatic N) is 4. The Morgan fingerprint density at radius 3 is 2.56 bits per heavy atom. The second-order valence-electron chi connectivity index (χ2n) is 14.8. The van der Waals surface area contributed by atoms with Gasteiger partial charge in [0.15, 0.2) is 29.3 Å². The highest BCUT2D eigenvalue weighted by molar-refractivity contribution is 6.10. The minimum absolute atomic E-state index is 0.203. The summed E-state index contributed by atoms with van der Waals surface area (Å²) in [5.74, 6) is 3.07. The van der Waals surface area contributed by atoms with Gasteiger partial charge in [-0.3, -0.25) is 4.57 Å². The molecule has 1 spiro atoms. The molecule has 1 unspecified atom stereocenters. The number of rotatable bonds is 5. The van der Waals surface area contributed by atoms with Crippen LogP contribution >= 0.6 is 0 Å². The Bertz CT molecular complexity index is 2630. The Labute approximate surface area is 310 Å². The highest BCUT2D eigenvalue weighted by atomic mass is 16.6. The molecule has 6 heterocycles. The van der Waals surface area contributed by atoms with Crippen LogP contribution in [0.2, 0.25) is 0 Å². The molecule has 0 saturated heterocycles. The van der Waals surface area contributed by atoms with Crippen LogP contribution in [-0.2, 0) is 21.5 Å². The van der Waals surface area contributed by atoms with Crippen LogP contribution in [0.4, 0.5) is 10.5 Å². The van der Waals surface area contributed by atoms with Gasteiger partial charge in [0.25, 0.3) is 0 Å². The lowest BCUT2D eigenvalue weighted by Crippen LogP contribution is -2.47. The number of fused-ring (bicyclic) bond motifs is 7. The Balaban J connectivity index is 1.28. The number of hydrogen-bond donors (Lipinski definition) is 0. The van der Waals surface area contributed by atoms with Crippen molar-refractivity contribution in [1.82, 2.24) is 14.5 Å². The van der Waals surface area contributed by atoms with Crippen LogP contribution in [0.15, 0.2) is 106 Å². The van der Waals surface area contributed by atoms with Gasteiger partial charge in [0.2, 0.25) is 5.89 Å². The average Bonchev–Trinajstić information content (AvgIpc) is 3.97. The number of aromatic nitrogens is 3. The van der Waals surface area contributed by atoms with Crippen molar-refractivity contribution < 1.29 is 32.6 Å². The lowest BCUT2D eigenvalue weighted by atomic mass is 9.72. The van der Waals surface area contributed by atoms with Crippen LogP contribution in [0, 0.1) is 6.92 Å². The van der Waals surface area contributed by atoms with E-state index in [1.807, 2.05) is 88.4 Å². The molecule has 4 aromatic carbocycles. The lowest BCUT2D eigenvalue weighted by molar-refractivity contribution is 0.0544. The number of hydrogen-bond acceptors (Lipinski definition) is 10. The summed E-state index contributed by atoms with van der Waals surface area (Å²) in [6.07, 6.45) is 2.27. The number of oxazole rings is 2. The van der Waals surface area contributed by atoms with Crippen molar-refractivity contribution in [2.24, 2.45) is 0 Å². The molecule has 2 atom stereocenters. The van der Waals surface area contributed by atoms with Crippen LogP contribution in [0.1, 0.15) is 49.1 Å². The van der Waals surface area contributed by atoms with E-state index in [1.165, 1.54) is 4.57 Å². The molecule has 10 rings (SSSR count). The highest BCUT2D eigenvalue weighted by Crippen LogP contribution is 2.63. The van der Waals surface area contributed by atoms with E-state index in [1.54, 1.807) is 19.5 Å². The topological polar surface area (TPSA) is 114 Å². The molecule has 3 aliphatic rings. The second-order valence-corrected chi connectivity index (χ2v) is 14.8. The number of aryl methyl sites for hydroxylation is 1. The molecule has 11 heteroatoms. The molecule has 3 aromatic heterocycles. The van der Waals surface area contributed by atoms with Crippen molar-refractivity contribution in [3.63, 3.8) is 0 Å². The molecule has 3 aliphatic heterocycles. The molecule has 0 aliphatic carbocycles. The van der Waals surface area contributed by atoms with Crippen molar-refractivity contribution in [3.8, 4) is 45.5 Å². The van der Waals surface area contributed by atoms with Crippen LogP contribution in [0.5, 0.6) is 11.5 Å². The maximum Gasteiger partial charge on any atom is 0.419 e. The van der Waals surface area contributed by atoms with E-state index in [0.29, 0.717) is 52.3 Å². The van der Waals surface area contributed by atoms with Crippen LogP contribution in [-0.4, -0.2) is 46.3 Å². The van der Waals surface area contributed by atoms with Crippen LogP contribution in [0.3, 0.4) is 0 Å². The number of carbonyl (C=O) groups excluding carboxylic acids is 1. The summed E-state index contributed by atoms with van der Waals surface area (Å²) in [7, 11) is 1.67. The standard InChI is InChI=1S/C43H36N4O7/c1-24-45-36-38(51-24)43-30-15-9-14-28(27-13-10-16-32-35(27)29(34-20-44-39(36)52-34)21-46(32)41(48)54-42(2,3)4)37(30)47(23-49-5)40(43)53-33-18-17-26(19-31(33)43)50-22-25-11-7-6-8-12-25/h6-21,40H,22-23H2,1-5H3/t40?,43-/m0/s1. The molecular formula is C43H36N4O7. The van der Waals surface area contributed by atoms with Crippen LogP contribution in [0.25, 0.3) is 44.9 Å². The van der Waals surface area contributed by atoms with Gasteiger partial charge in [-0.2, -0.15) is 0 Å². The van der Waals surface area contributed by atoms with Gasteiger partial charge in [-0.15, -0.1) is 0 Å². The fourth-order valence-electron chi connectivity index (χ4n) is 8.31. The van der Waals surface area contributed by atoms with E-state index in [0.717, 1.165) is 38.9 Å². The van der Waals surface area contributed by atoms with Crippen LogP contribution < -0.4 is 14.4 Å². The Hall–Kier alpha value is -6.33. The smallest absolute Gasteiger partial charge is 0.419 e. The van der Waals surface area contributed by atoms with Gasteiger partial charge in [-0.1, -0.05) is 60.7 Å². The first kappa shape index (κ1) is 32.3. The molecule has 54 heavy (non-hydrogen) atoms. The highest BCUT2D eigenvalue weighted by Gasteiger charge is 2.64. The summed E-state index contributed by atoms with van der Waals surface area (Å²) >= 11 is 0. The first-order chi connectivity index (χ1) is 26.2. The van der Waals surface area contributed by atoms with Gasteiger partial charge in [0, 0.05) is 47.9 Å². The summed E-state index contributed by atoms with van der Waals surface area (Å²) in [6.45, 7) is 7.96. The molecule has 0 N–H and O–H groups in total. The summed E-state index contributed by atoms with van der Waals surface area (Å²) in [4.78, 5) is 25.6. The Kier molecular flexibility index (Phi) is 6.94. The number of para-hydroxylation sites is 1. The van der Waals surface area contributed by atoms with Gasteiger partial charge < -0.3 is 32.7 Å². The van der Waals surface area contributed by atoms with Crippen molar-refractivity contribution in [2.45, 2.75) is 51.5 Å². The van der Waals surface area contributed by atoms with Gasteiger partial charge >= 0.3 is 6.09 Å². The molecule has 11 nitrogen and oxygen atoms in total. The van der Waals surface area contributed by atoms with E-state index in [2.05, 4.69) is 29.2 Å². The van der Waals surface area contributed by atoms with Crippen molar-refractivity contribution in [2.75, 3.05) is 18.7 Å². The number of benzene rings is 4. The Morgan fingerprint density at radius 1 is 0.926 bits per heavy atom. The largest absolute Gasteiger partial charge is 0.489 e. The molecule has 6 bridgehead atoms. The van der Waals surface area contributed by atoms with E-state index in [9.17, 15) is 4.79 Å². The maximum atomic E-state index is 13.7. The third kappa shape index (κ3) is 4.61. The zero-order chi connectivity index (χ0) is 36.9. The second kappa shape index (κ2) is 11.6. The molecule has 7 aromatic rings. The number of methoxy groups -OCH3 is 1. The van der Waals surface area contributed by atoms with Gasteiger partial charge in [-0.25, -0.2) is 14.8 Å². The van der Waals surface area contributed by atoms with Crippen molar-refractivity contribution >= 4 is 22.7 Å². The number of ether oxygens (including phenoxy) is 4. The number of carbonyl (C=O) groups is 1. The zero-order valence-electron chi connectivity index (χ0n) is 30.4. The SMILES string of the molecule is COCN1c2c3cccc2[C@]2(c4cc(OCc5ccccc5)ccc4OC12)c1oc(C)nc1-c1ncc(o1)-c1cn(C(=O)OC(C)(C)C)c2cccc-3c12. The number of anilines is 1. The van der Waals surface area contributed by atoms with Crippen molar-refractivity contribution in [1.29, 1.82) is 0 Å². The average molecular weight is 721 g/mol. The van der Waals surface area contributed by atoms with E-state index >= 15 is 0 Å². The molecule has 0 amide bonds. The summed E-state index contributed by atoms with van der Waals surface area (Å²) in [6, 6.07) is 28.2. The molecule has 0 fully saturated rings. The monoisotopic (exact) mass is 720 g/mol. The normalized spacial score (nSPS) is 17.6. The summed E-state index contributed by atoms with van der Waals surface area (Å²) in [5, 5.41) is 0.804. The first-order valence-corrected chi connectivity index (χ1v) is 17.8. The van der Waals surface area contributed by atoms with Gasteiger partial charge in [0.1, 0.15) is 35.9 Å². The fraction of sp³-hybridized carbons (Fsp3) is 0.233. The molecule has 270 valence electrons.